The fraction of sp³-hybridized carbons (Fsp3) is 0.591. The molecule has 2 saturated heterocycles. The lowest BCUT2D eigenvalue weighted by Crippen LogP contribution is -2.45. The van der Waals surface area contributed by atoms with E-state index < -0.39 is 11.8 Å². The number of piperidine rings is 2. The molecule has 158 valence electrons. The second-order valence-electron chi connectivity index (χ2n) is 8.09. The number of carbonyl (C=O) groups is 2. The second kappa shape index (κ2) is 10.2. The summed E-state index contributed by atoms with van der Waals surface area (Å²) >= 11 is 1.88. The van der Waals surface area contributed by atoms with Gasteiger partial charge in [0.25, 0.3) is 0 Å². The van der Waals surface area contributed by atoms with Gasteiger partial charge in [-0.15, -0.1) is 11.3 Å². The van der Waals surface area contributed by atoms with Crippen LogP contribution in [0.5, 0.6) is 0 Å². The molecule has 0 aliphatic carbocycles. The number of amides is 2. The van der Waals surface area contributed by atoms with Crippen molar-refractivity contribution >= 4 is 33.4 Å². The van der Waals surface area contributed by atoms with Crippen molar-refractivity contribution in [1.82, 2.24) is 14.8 Å². The van der Waals surface area contributed by atoms with E-state index in [1.54, 1.807) is 0 Å². The molecule has 0 spiro atoms. The fourth-order valence-electron chi connectivity index (χ4n) is 4.09. The Morgan fingerprint density at radius 1 is 1.17 bits per heavy atom. The van der Waals surface area contributed by atoms with Crippen molar-refractivity contribution in [3.8, 4) is 0 Å². The minimum atomic E-state index is -0.843. The molecule has 2 fully saturated rings. The topological polar surface area (TPSA) is 79.5 Å². The standard InChI is InChI=1S/C14H18N2S.C8H14N2O2/c1-2-16-9-7-11(8-10-16)14-15-12-5-3-4-6-13(12)17-14;1-6-3-2-4-10(5-6)8(12)7(9)11/h3-6,11H,2,7-10H2,1H3;6H,2-5H2,1H3,(H2,9,11). The third kappa shape index (κ3) is 5.76. The molecule has 0 radical (unpaired) electrons. The highest BCUT2D eigenvalue weighted by molar-refractivity contribution is 7.18. The first-order valence-corrected chi connectivity index (χ1v) is 11.5. The zero-order valence-electron chi connectivity index (χ0n) is 17.5. The van der Waals surface area contributed by atoms with Crippen LogP contribution >= 0.6 is 11.3 Å². The smallest absolute Gasteiger partial charge is 0.311 e. The lowest BCUT2D eigenvalue weighted by Gasteiger charge is -2.29. The van der Waals surface area contributed by atoms with Gasteiger partial charge in [-0.3, -0.25) is 9.59 Å². The van der Waals surface area contributed by atoms with Gasteiger partial charge in [-0.25, -0.2) is 4.98 Å². The first kappa shape index (κ1) is 21.7. The van der Waals surface area contributed by atoms with E-state index in [1.165, 1.54) is 52.6 Å². The van der Waals surface area contributed by atoms with E-state index in [-0.39, 0.29) is 0 Å². The number of nitrogens with two attached hydrogens (primary N) is 1. The summed E-state index contributed by atoms with van der Waals surface area (Å²) in [5, 5.41) is 1.35. The number of carbonyl (C=O) groups excluding carboxylic acids is 2. The van der Waals surface area contributed by atoms with Crippen molar-refractivity contribution in [2.24, 2.45) is 11.7 Å². The number of thiazole rings is 1. The van der Waals surface area contributed by atoms with Crippen molar-refractivity contribution < 1.29 is 9.59 Å². The van der Waals surface area contributed by atoms with Crippen molar-refractivity contribution in [1.29, 1.82) is 0 Å². The molecule has 2 aliphatic rings. The normalized spacial score (nSPS) is 20.9. The predicted octanol–water partition coefficient (Wildman–Crippen LogP) is 3.23. The SMILES string of the molecule is CC1CCCN(C(=O)C(N)=O)C1.CCN1CCC(c2nc3ccccc3s2)CC1. The lowest BCUT2D eigenvalue weighted by molar-refractivity contribution is -0.145. The molecule has 1 unspecified atom stereocenters. The largest absolute Gasteiger partial charge is 0.361 e. The summed E-state index contributed by atoms with van der Waals surface area (Å²) in [5.74, 6) is -0.206. The third-order valence-corrected chi connectivity index (χ3v) is 7.05. The summed E-state index contributed by atoms with van der Waals surface area (Å²) in [5.41, 5.74) is 6.05. The van der Waals surface area contributed by atoms with Crippen LogP contribution in [0.15, 0.2) is 24.3 Å². The molecule has 7 heteroatoms. The number of fused-ring (bicyclic) bond motifs is 1. The van der Waals surface area contributed by atoms with Crippen LogP contribution in [0.4, 0.5) is 0 Å². The maximum atomic E-state index is 11.1. The number of nitrogens with zero attached hydrogens (tertiary/aromatic N) is 3. The average Bonchev–Trinajstić information content (AvgIpc) is 3.18. The molecular weight excluding hydrogens is 384 g/mol. The Hall–Kier alpha value is -1.99. The number of para-hydroxylation sites is 1. The molecule has 1 aromatic carbocycles. The van der Waals surface area contributed by atoms with Crippen molar-refractivity contribution in [2.45, 2.75) is 45.4 Å². The van der Waals surface area contributed by atoms with Gasteiger partial charge < -0.3 is 15.5 Å². The Labute approximate surface area is 177 Å². The van der Waals surface area contributed by atoms with Gasteiger partial charge >= 0.3 is 11.8 Å². The van der Waals surface area contributed by atoms with Crippen LogP contribution in [0.3, 0.4) is 0 Å². The molecule has 3 heterocycles. The number of hydrogen-bond donors (Lipinski definition) is 1. The number of benzene rings is 1. The number of likely N-dealkylation sites (tertiary alicyclic amines) is 2. The molecule has 1 aromatic heterocycles. The number of rotatable bonds is 2. The quantitative estimate of drug-likeness (QED) is 0.763. The van der Waals surface area contributed by atoms with Gasteiger partial charge in [0, 0.05) is 19.0 Å². The molecular formula is C22H32N4O2S. The van der Waals surface area contributed by atoms with Crippen LogP contribution in [0.1, 0.15) is 50.5 Å². The summed E-state index contributed by atoms with van der Waals surface area (Å²) in [4.78, 5) is 30.5. The fourth-order valence-corrected chi connectivity index (χ4v) is 5.23. The molecule has 1 atom stereocenters. The van der Waals surface area contributed by atoms with Crippen LogP contribution in [0.25, 0.3) is 10.2 Å². The second-order valence-corrected chi connectivity index (χ2v) is 9.15. The van der Waals surface area contributed by atoms with Gasteiger partial charge in [0.2, 0.25) is 0 Å². The van der Waals surface area contributed by atoms with Gasteiger partial charge in [-0.2, -0.15) is 0 Å². The van der Waals surface area contributed by atoms with Gasteiger partial charge in [-0.1, -0.05) is 26.0 Å². The molecule has 2 aromatic rings. The highest BCUT2D eigenvalue weighted by Gasteiger charge is 2.24. The molecule has 2 amide bonds. The summed E-state index contributed by atoms with van der Waals surface area (Å²) in [6, 6.07) is 8.48. The lowest BCUT2D eigenvalue weighted by atomic mass is 9.98. The number of hydrogen-bond acceptors (Lipinski definition) is 5. The maximum Gasteiger partial charge on any atom is 0.311 e. The van der Waals surface area contributed by atoms with Gasteiger partial charge in [0.1, 0.15) is 0 Å². The molecule has 0 saturated carbocycles. The summed E-state index contributed by atoms with van der Waals surface area (Å²) in [6.07, 6.45) is 4.64. The highest BCUT2D eigenvalue weighted by Crippen LogP contribution is 2.33. The van der Waals surface area contributed by atoms with E-state index >= 15 is 0 Å². The van der Waals surface area contributed by atoms with Gasteiger partial charge in [0.15, 0.2) is 0 Å². The van der Waals surface area contributed by atoms with Crippen molar-refractivity contribution in [2.75, 3.05) is 32.7 Å². The van der Waals surface area contributed by atoms with E-state index in [0.717, 1.165) is 12.8 Å². The Kier molecular flexibility index (Phi) is 7.61. The zero-order valence-corrected chi connectivity index (χ0v) is 18.3. The third-order valence-electron chi connectivity index (χ3n) is 5.85. The van der Waals surface area contributed by atoms with Crippen molar-refractivity contribution in [3.63, 3.8) is 0 Å². The maximum absolute atomic E-state index is 11.1. The molecule has 29 heavy (non-hydrogen) atoms. The van der Waals surface area contributed by atoms with Crippen molar-refractivity contribution in [3.05, 3.63) is 29.3 Å². The highest BCUT2D eigenvalue weighted by atomic mass is 32.1. The monoisotopic (exact) mass is 416 g/mol. The van der Waals surface area contributed by atoms with E-state index in [0.29, 0.717) is 24.9 Å². The van der Waals surface area contributed by atoms with E-state index in [1.807, 2.05) is 11.3 Å². The van der Waals surface area contributed by atoms with Gasteiger partial charge in [0.05, 0.1) is 15.2 Å². The Balaban J connectivity index is 0.000000177. The Bertz CT molecular complexity index is 796. The Morgan fingerprint density at radius 3 is 2.52 bits per heavy atom. The summed E-state index contributed by atoms with van der Waals surface area (Å²) < 4.78 is 1.33. The van der Waals surface area contributed by atoms with E-state index in [4.69, 9.17) is 10.7 Å². The molecule has 2 aliphatic heterocycles. The zero-order chi connectivity index (χ0) is 20.8. The van der Waals surface area contributed by atoms with Crippen LogP contribution in [-0.4, -0.2) is 59.3 Å². The summed E-state index contributed by atoms with van der Waals surface area (Å²) in [7, 11) is 0. The number of primary amides is 1. The van der Waals surface area contributed by atoms with Crippen LogP contribution in [0.2, 0.25) is 0 Å². The number of aromatic nitrogens is 1. The minimum absolute atomic E-state index is 0.488. The predicted molar refractivity (Wildman–Crippen MR) is 118 cm³/mol. The first-order valence-electron chi connectivity index (χ1n) is 10.6. The summed E-state index contributed by atoms with van der Waals surface area (Å²) in [6.45, 7) is 9.31. The van der Waals surface area contributed by atoms with Crippen LogP contribution in [-0.2, 0) is 9.59 Å². The minimum Gasteiger partial charge on any atom is -0.361 e. The van der Waals surface area contributed by atoms with E-state index in [9.17, 15) is 9.59 Å². The molecule has 6 nitrogen and oxygen atoms in total. The van der Waals surface area contributed by atoms with Crippen LogP contribution in [0, 0.1) is 5.92 Å². The Morgan fingerprint density at radius 2 is 1.90 bits per heavy atom. The van der Waals surface area contributed by atoms with Gasteiger partial charge in [-0.05, 0) is 63.4 Å². The average molecular weight is 417 g/mol. The molecule has 4 rings (SSSR count). The molecule has 2 N–H and O–H groups in total. The van der Waals surface area contributed by atoms with E-state index in [2.05, 4.69) is 43.0 Å². The van der Waals surface area contributed by atoms with Crippen LogP contribution < -0.4 is 5.73 Å². The molecule has 0 bridgehead atoms. The first-order chi connectivity index (χ1) is 14.0.